The van der Waals surface area contributed by atoms with Crippen LogP contribution < -0.4 is 5.32 Å². The number of nitrogens with zero attached hydrogens (tertiary/aromatic N) is 1. The first-order valence-electron chi connectivity index (χ1n) is 11.3. The van der Waals surface area contributed by atoms with Gasteiger partial charge >= 0.3 is 5.97 Å². The van der Waals surface area contributed by atoms with Gasteiger partial charge in [0.15, 0.2) is 0 Å². The average Bonchev–Trinajstić information content (AvgIpc) is 3.64. The molecular formula is C26H27ClN2O3. The Morgan fingerprint density at radius 3 is 2.72 bits per heavy atom. The highest BCUT2D eigenvalue weighted by Crippen LogP contribution is 2.45. The number of hydrogen-bond acceptors (Lipinski definition) is 4. The molecule has 1 aromatic heterocycles. The maximum atomic E-state index is 11.7. The molecule has 2 N–H and O–H groups in total. The van der Waals surface area contributed by atoms with E-state index in [4.69, 9.17) is 21.3 Å². The average molecular weight is 451 g/mol. The van der Waals surface area contributed by atoms with Crippen LogP contribution in [0.1, 0.15) is 77.7 Å². The summed E-state index contributed by atoms with van der Waals surface area (Å²) in [5.74, 6) is -0.0425. The number of hydrogen-bond donors (Lipinski definition) is 2. The summed E-state index contributed by atoms with van der Waals surface area (Å²) < 4.78 is 5.80. The fourth-order valence-electron chi connectivity index (χ4n) is 4.76. The number of rotatable bonds is 6. The Hall–Kier alpha value is -2.63. The molecule has 0 radical (unpaired) electrons. The molecule has 0 bridgehead atoms. The largest absolute Gasteiger partial charge is 0.478 e. The molecule has 1 saturated heterocycles. The second-order valence-corrected chi connectivity index (χ2v) is 9.37. The number of benzene rings is 2. The van der Waals surface area contributed by atoms with Crippen molar-refractivity contribution in [3.63, 3.8) is 0 Å². The first-order chi connectivity index (χ1) is 15.5. The third kappa shape index (κ3) is 4.19. The van der Waals surface area contributed by atoms with Crippen LogP contribution in [-0.4, -0.2) is 29.3 Å². The molecule has 2 aliphatic rings. The van der Waals surface area contributed by atoms with E-state index in [2.05, 4.69) is 11.4 Å². The van der Waals surface area contributed by atoms with E-state index >= 15 is 0 Å². The molecular weight excluding hydrogens is 424 g/mol. The summed E-state index contributed by atoms with van der Waals surface area (Å²) in [5.41, 5.74) is 5.26. The molecule has 1 aliphatic carbocycles. The number of carboxylic acids is 1. The fraction of sp³-hybridized carbons (Fsp3) is 0.385. The van der Waals surface area contributed by atoms with E-state index in [0.29, 0.717) is 22.5 Å². The molecule has 0 spiro atoms. The van der Waals surface area contributed by atoms with E-state index in [1.807, 2.05) is 25.1 Å². The zero-order chi connectivity index (χ0) is 22.2. The van der Waals surface area contributed by atoms with Crippen LogP contribution in [0.3, 0.4) is 0 Å². The van der Waals surface area contributed by atoms with E-state index < -0.39 is 5.97 Å². The van der Waals surface area contributed by atoms with Crippen molar-refractivity contribution >= 4 is 34.2 Å². The predicted molar refractivity (Wildman–Crippen MR) is 127 cm³/mol. The van der Waals surface area contributed by atoms with E-state index in [9.17, 15) is 9.90 Å². The second kappa shape index (κ2) is 8.72. The minimum Gasteiger partial charge on any atom is -0.478 e. The number of carbonyl (C=O) groups is 1. The number of carboxylic acid groups (broad SMARTS) is 1. The number of nitrogens with one attached hydrogen (secondary N) is 1. The van der Waals surface area contributed by atoms with Gasteiger partial charge in [-0.25, -0.2) is 4.79 Å². The van der Waals surface area contributed by atoms with Gasteiger partial charge in [0.25, 0.3) is 0 Å². The summed E-state index contributed by atoms with van der Waals surface area (Å²) in [6.45, 7) is 3.61. The Balaban J connectivity index is 1.59. The molecule has 2 aromatic carbocycles. The van der Waals surface area contributed by atoms with E-state index in [1.54, 1.807) is 18.2 Å². The van der Waals surface area contributed by atoms with Crippen molar-refractivity contribution in [2.75, 3.05) is 18.5 Å². The molecule has 2 fully saturated rings. The van der Waals surface area contributed by atoms with Crippen molar-refractivity contribution in [1.82, 2.24) is 4.98 Å². The lowest BCUT2D eigenvalue weighted by molar-refractivity contribution is 0.0698. The van der Waals surface area contributed by atoms with Gasteiger partial charge in [-0.3, -0.25) is 4.98 Å². The highest BCUT2D eigenvalue weighted by Gasteiger charge is 2.31. The zero-order valence-corrected chi connectivity index (χ0v) is 18.9. The Morgan fingerprint density at radius 1 is 1.19 bits per heavy atom. The second-order valence-electron chi connectivity index (χ2n) is 8.93. The van der Waals surface area contributed by atoms with Crippen LogP contribution in [0, 0.1) is 0 Å². The van der Waals surface area contributed by atoms with E-state index in [-0.39, 0.29) is 11.6 Å². The van der Waals surface area contributed by atoms with Crippen LogP contribution in [0.25, 0.3) is 10.9 Å². The molecule has 2 atom stereocenters. The number of anilines is 1. The molecule has 0 unspecified atom stereocenters. The van der Waals surface area contributed by atoms with Gasteiger partial charge in [-0.05, 0) is 74.1 Å². The normalized spacial score (nSPS) is 19.6. The molecule has 166 valence electrons. The Kier molecular flexibility index (Phi) is 5.78. The summed E-state index contributed by atoms with van der Waals surface area (Å²) in [5, 5.41) is 14.6. The van der Waals surface area contributed by atoms with Crippen LogP contribution in [0.4, 0.5) is 5.69 Å². The number of aromatic nitrogens is 1. The molecule has 1 aliphatic heterocycles. The summed E-state index contributed by atoms with van der Waals surface area (Å²) in [6.07, 6.45) is 4.58. The number of fused-ring (bicyclic) bond motifs is 1. The number of para-hydroxylation sites is 1. The lowest BCUT2D eigenvalue weighted by Crippen LogP contribution is -2.18. The van der Waals surface area contributed by atoms with Gasteiger partial charge in [-0.15, -0.1) is 0 Å². The van der Waals surface area contributed by atoms with Gasteiger partial charge in [0, 0.05) is 46.3 Å². The monoisotopic (exact) mass is 450 g/mol. The number of ether oxygens (including phenoxy) is 1. The van der Waals surface area contributed by atoms with Gasteiger partial charge in [-0.2, -0.15) is 0 Å². The number of aromatic carboxylic acids is 1. The Bertz CT molecular complexity index is 1170. The molecule has 1 saturated carbocycles. The van der Waals surface area contributed by atoms with Gasteiger partial charge < -0.3 is 15.2 Å². The molecule has 5 rings (SSSR count). The minimum atomic E-state index is -0.952. The maximum absolute atomic E-state index is 11.7. The van der Waals surface area contributed by atoms with Crippen molar-refractivity contribution in [1.29, 1.82) is 0 Å². The third-order valence-corrected chi connectivity index (χ3v) is 6.77. The summed E-state index contributed by atoms with van der Waals surface area (Å²) in [4.78, 5) is 16.8. The SMILES string of the molecule is C[C@H](Nc1ccccc1C(=O)O)c1cc(Cl)cc2nc(C3CC3)c([C@H]3CCCOC3)cc12. The van der Waals surface area contributed by atoms with Crippen molar-refractivity contribution in [2.24, 2.45) is 0 Å². The van der Waals surface area contributed by atoms with E-state index in [0.717, 1.165) is 42.5 Å². The van der Waals surface area contributed by atoms with Crippen LogP contribution in [0.2, 0.25) is 5.02 Å². The summed E-state index contributed by atoms with van der Waals surface area (Å²) >= 11 is 6.51. The molecule has 0 amide bonds. The smallest absolute Gasteiger partial charge is 0.337 e. The third-order valence-electron chi connectivity index (χ3n) is 6.55. The highest BCUT2D eigenvalue weighted by molar-refractivity contribution is 6.31. The quantitative estimate of drug-likeness (QED) is 0.446. The fourth-order valence-corrected chi connectivity index (χ4v) is 4.98. The summed E-state index contributed by atoms with van der Waals surface area (Å²) in [7, 11) is 0. The van der Waals surface area contributed by atoms with E-state index in [1.165, 1.54) is 24.1 Å². The summed E-state index contributed by atoms with van der Waals surface area (Å²) in [6, 6.07) is 13.0. The molecule has 32 heavy (non-hydrogen) atoms. The maximum Gasteiger partial charge on any atom is 0.337 e. The highest BCUT2D eigenvalue weighted by atomic mass is 35.5. The first kappa shape index (κ1) is 21.2. The van der Waals surface area contributed by atoms with Crippen LogP contribution in [-0.2, 0) is 4.74 Å². The van der Waals surface area contributed by atoms with Gasteiger partial charge in [0.1, 0.15) is 0 Å². The molecule has 3 aromatic rings. The molecule has 6 heteroatoms. The lowest BCUT2D eigenvalue weighted by Gasteiger charge is -2.26. The number of pyridine rings is 1. The van der Waals surface area contributed by atoms with Gasteiger partial charge in [0.05, 0.1) is 17.7 Å². The Morgan fingerprint density at radius 2 is 2.00 bits per heavy atom. The van der Waals surface area contributed by atoms with Crippen molar-refractivity contribution < 1.29 is 14.6 Å². The minimum absolute atomic E-state index is 0.152. The first-order valence-corrected chi connectivity index (χ1v) is 11.7. The van der Waals surface area contributed by atoms with Crippen LogP contribution in [0.5, 0.6) is 0 Å². The predicted octanol–water partition coefficient (Wildman–Crippen LogP) is 6.53. The molecule has 2 heterocycles. The van der Waals surface area contributed by atoms with Gasteiger partial charge in [-0.1, -0.05) is 23.7 Å². The van der Waals surface area contributed by atoms with Crippen LogP contribution in [0.15, 0.2) is 42.5 Å². The standard InChI is InChI=1S/C26H27ClN2O3/c1-15(28-23-7-3-2-6-19(23)26(30)31)20-11-18(27)12-24-22(20)13-21(17-5-4-10-32-14-17)25(29-24)16-8-9-16/h2-3,6-7,11-13,15-17,28H,4-5,8-10,14H2,1H3,(H,30,31)/t15-,17-/m0/s1. The Labute approximate surface area is 192 Å². The molecule has 5 nitrogen and oxygen atoms in total. The number of halogens is 1. The lowest BCUT2D eigenvalue weighted by atomic mass is 9.88. The topological polar surface area (TPSA) is 71.5 Å². The van der Waals surface area contributed by atoms with Gasteiger partial charge in [0.2, 0.25) is 0 Å². The van der Waals surface area contributed by atoms with Crippen molar-refractivity contribution in [3.8, 4) is 0 Å². The van der Waals surface area contributed by atoms with Crippen molar-refractivity contribution in [3.05, 3.63) is 69.9 Å². The van der Waals surface area contributed by atoms with Crippen molar-refractivity contribution in [2.45, 2.75) is 50.5 Å². The zero-order valence-electron chi connectivity index (χ0n) is 18.1. The van der Waals surface area contributed by atoms with Crippen LogP contribution >= 0.6 is 11.6 Å².